The van der Waals surface area contributed by atoms with Crippen molar-refractivity contribution in [2.45, 2.75) is 12.8 Å². The standard InChI is InChI=1S/C19H14ClNO2S/c20-13-7-9-14(10-8-13)21(12-15-4-3-11-24-15)18-16-5-1-2-6-17(16)19(22)23-18/h1-11,18H,12H2. The molecule has 1 unspecified atom stereocenters. The number of ether oxygens (including phenoxy) is 1. The van der Waals surface area contributed by atoms with Gasteiger partial charge in [-0.05, 0) is 41.8 Å². The molecule has 1 aliphatic heterocycles. The number of fused-ring (bicyclic) bond motifs is 1. The SMILES string of the molecule is O=C1OC(N(Cc2cccs2)c2ccc(Cl)cc2)c2ccccc21. The Kier molecular flexibility index (Phi) is 4.00. The van der Waals surface area contributed by atoms with Crippen LogP contribution in [0.5, 0.6) is 0 Å². The quantitative estimate of drug-likeness (QED) is 0.596. The summed E-state index contributed by atoms with van der Waals surface area (Å²) < 4.78 is 5.69. The zero-order chi connectivity index (χ0) is 16.5. The lowest BCUT2D eigenvalue weighted by Crippen LogP contribution is -2.28. The number of benzene rings is 2. The maximum Gasteiger partial charge on any atom is 0.340 e. The number of carbonyl (C=O) groups excluding carboxylic acids is 1. The lowest BCUT2D eigenvalue weighted by molar-refractivity contribution is 0.0375. The number of hydrogen-bond donors (Lipinski definition) is 0. The van der Waals surface area contributed by atoms with Crippen LogP contribution < -0.4 is 4.90 Å². The van der Waals surface area contributed by atoms with Crippen molar-refractivity contribution in [1.82, 2.24) is 0 Å². The van der Waals surface area contributed by atoms with Crippen LogP contribution >= 0.6 is 22.9 Å². The fraction of sp³-hybridized carbons (Fsp3) is 0.105. The zero-order valence-electron chi connectivity index (χ0n) is 12.7. The fourth-order valence-electron chi connectivity index (χ4n) is 2.87. The van der Waals surface area contributed by atoms with Gasteiger partial charge in [-0.1, -0.05) is 35.9 Å². The van der Waals surface area contributed by atoms with E-state index < -0.39 is 6.23 Å². The molecule has 1 aliphatic rings. The topological polar surface area (TPSA) is 29.5 Å². The van der Waals surface area contributed by atoms with Crippen molar-refractivity contribution in [3.8, 4) is 0 Å². The summed E-state index contributed by atoms with van der Waals surface area (Å²) in [5.41, 5.74) is 2.49. The van der Waals surface area contributed by atoms with Crippen molar-refractivity contribution in [3.63, 3.8) is 0 Å². The van der Waals surface area contributed by atoms with Gasteiger partial charge in [0.25, 0.3) is 0 Å². The highest BCUT2D eigenvalue weighted by molar-refractivity contribution is 7.09. The van der Waals surface area contributed by atoms with E-state index >= 15 is 0 Å². The number of anilines is 1. The van der Waals surface area contributed by atoms with E-state index in [2.05, 4.69) is 11.0 Å². The molecular weight excluding hydrogens is 342 g/mol. The predicted octanol–water partition coefficient (Wildman–Crippen LogP) is 5.28. The van der Waals surface area contributed by atoms with E-state index in [-0.39, 0.29) is 5.97 Å². The first kappa shape index (κ1) is 15.2. The van der Waals surface area contributed by atoms with E-state index in [1.807, 2.05) is 60.0 Å². The molecule has 24 heavy (non-hydrogen) atoms. The highest BCUT2D eigenvalue weighted by Crippen LogP contribution is 2.37. The third kappa shape index (κ3) is 2.79. The van der Waals surface area contributed by atoms with Crippen LogP contribution in [-0.2, 0) is 11.3 Å². The Balaban J connectivity index is 1.75. The Morgan fingerprint density at radius 2 is 1.83 bits per heavy atom. The summed E-state index contributed by atoms with van der Waals surface area (Å²) in [4.78, 5) is 15.5. The van der Waals surface area contributed by atoms with Crippen LogP contribution in [0.2, 0.25) is 5.02 Å². The summed E-state index contributed by atoms with van der Waals surface area (Å²) in [5.74, 6) is -0.277. The first-order chi connectivity index (χ1) is 11.7. The summed E-state index contributed by atoms with van der Waals surface area (Å²) in [5, 5.41) is 2.72. The molecule has 1 aromatic heterocycles. The van der Waals surface area contributed by atoms with E-state index in [0.717, 1.165) is 11.3 Å². The van der Waals surface area contributed by atoms with Crippen LogP contribution in [0.25, 0.3) is 0 Å². The number of thiophene rings is 1. The molecule has 0 bridgehead atoms. The van der Waals surface area contributed by atoms with Crippen LogP contribution in [-0.4, -0.2) is 5.97 Å². The van der Waals surface area contributed by atoms with Gasteiger partial charge in [0.1, 0.15) is 0 Å². The summed E-state index contributed by atoms with van der Waals surface area (Å²) >= 11 is 7.70. The summed E-state index contributed by atoms with van der Waals surface area (Å²) in [6.45, 7) is 0.658. The Morgan fingerprint density at radius 3 is 2.58 bits per heavy atom. The van der Waals surface area contributed by atoms with Crippen LogP contribution in [0.1, 0.15) is 27.0 Å². The molecule has 3 nitrogen and oxygen atoms in total. The molecular formula is C19H14ClNO2S. The van der Waals surface area contributed by atoms with Gasteiger partial charge in [0.2, 0.25) is 6.23 Å². The minimum absolute atomic E-state index is 0.277. The molecule has 2 aromatic carbocycles. The van der Waals surface area contributed by atoms with Gasteiger partial charge in [0.05, 0.1) is 12.1 Å². The Morgan fingerprint density at radius 1 is 1.04 bits per heavy atom. The Bertz CT molecular complexity index is 861. The second-order valence-electron chi connectivity index (χ2n) is 5.53. The molecule has 0 spiro atoms. The van der Waals surface area contributed by atoms with Crippen molar-refractivity contribution in [3.05, 3.63) is 87.1 Å². The van der Waals surface area contributed by atoms with Crippen LogP contribution in [0.15, 0.2) is 66.0 Å². The number of cyclic esters (lactones) is 1. The molecule has 0 aliphatic carbocycles. The highest BCUT2D eigenvalue weighted by Gasteiger charge is 2.35. The minimum Gasteiger partial charge on any atom is -0.434 e. The fourth-order valence-corrected chi connectivity index (χ4v) is 3.70. The van der Waals surface area contributed by atoms with Gasteiger partial charge in [-0.15, -0.1) is 11.3 Å². The molecule has 5 heteroatoms. The largest absolute Gasteiger partial charge is 0.434 e. The minimum atomic E-state index is -0.433. The average molecular weight is 356 g/mol. The van der Waals surface area contributed by atoms with Gasteiger partial charge in [-0.2, -0.15) is 0 Å². The number of carbonyl (C=O) groups is 1. The molecule has 1 atom stereocenters. The van der Waals surface area contributed by atoms with Crippen molar-refractivity contribution in [1.29, 1.82) is 0 Å². The number of esters is 1. The number of rotatable bonds is 4. The Labute approximate surface area is 149 Å². The van der Waals surface area contributed by atoms with Crippen LogP contribution in [0.3, 0.4) is 0 Å². The van der Waals surface area contributed by atoms with Crippen molar-refractivity contribution in [2.24, 2.45) is 0 Å². The maximum absolute atomic E-state index is 12.2. The maximum atomic E-state index is 12.2. The second kappa shape index (κ2) is 6.30. The molecule has 2 heterocycles. The lowest BCUT2D eigenvalue weighted by Gasteiger charge is -2.30. The van der Waals surface area contributed by atoms with E-state index in [9.17, 15) is 4.79 Å². The van der Waals surface area contributed by atoms with Gasteiger partial charge < -0.3 is 9.64 Å². The number of halogens is 1. The Hall–Kier alpha value is -2.30. The zero-order valence-corrected chi connectivity index (χ0v) is 14.3. The van der Waals surface area contributed by atoms with Gasteiger partial charge in [-0.25, -0.2) is 4.79 Å². The number of nitrogens with zero attached hydrogens (tertiary/aromatic N) is 1. The molecule has 4 rings (SSSR count). The van der Waals surface area contributed by atoms with Gasteiger partial charge in [0.15, 0.2) is 0 Å². The monoisotopic (exact) mass is 355 g/mol. The van der Waals surface area contributed by atoms with Gasteiger partial charge in [-0.3, -0.25) is 0 Å². The van der Waals surface area contributed by atoms with Crippen LogP contribution in [0, 0.1) is 0 Å². The van der Waals surface area contributed by atoms with E-state index in [1.54, 1.807) is 11.3 Å². The summed E-state index contributed by atoms with van der Waals surface area (Å²) in [6.07, 6.45) is -0.433. The normalized spacial score (nSPS) is 15.9. The smallest absolute Gasteiger partial charge is 0.340 e. The molecule has 0 radical (unpaired) electrons. The lowest BCUT2D eigenvalue weighted by atomic mass is 10.1. The van der Waals surface area contributed by atoms with E-state index in [0.29, 0.717) is 17.1 Å². The first-order valence-corrected chi connectivity index (χ1v) is 8.82. The third-order valence-corrected chi connectivity index (χ3v) is 5.13. The molecule has 0 amide bonds. The van der Waals surface area contributed by atoms with Gasteiger partial charge in [0, 0.05) is 21.2 Å². The second-order valence-corrected chi connectivity index (χ2v) is 7.00. The van der Waals surface area contributed by atoms with Crippen molar-refractivity contribution < 1.29 is 9.53 Å². The van der Waals surface area contributed by atoms with E-state index in [1.165, 1.54) is 4.88 Å². The van der Waals surface area contributed by atoms with Crippen molar-refractivity contribution in [2.75, 3.05) is 4.90 Å². The van der Waals surface area contributed by atoms with Crippen molar-refractivity contribution >= 4 is 34.6 Å². The average Bonchev–Trinajstić information content (AvgIpc) is 3.22. The highest BCUT2D eigenvalue weighted by atomic mass is 35.5. The molecule has 120 valence electrons. The first-order valence-electron chi connectivity index (χ1n) is 7.57. The summed E-state index contributed by atoms with van der Waals surface area (Å²) in [6, 6.07) is 19.2. The third-order valence-electron chi connectivity index (χ3n) is 4.01. The molecule has 0 saturated carbocycles. The molecule has 3 aromatic rings. The van der Waals surface area contributed by atoms with E-state index in [4.69, 9.17) is 16.3 Å². The molecule has 0 N–H and O–H groups in total. The predicted molar refractivity (Wildman–Crippen MR) is 96.6 cm³/mol. The number of hydrogen-bond acceptors (Lipinski definition) is 4. The summed E-state index contributed by atoms with van der Waals surface area (Å²) in [7, 11) is 0. The molecule has 0 fully saturated rings. The molecule has 0 saturated heterocycles. The van der Waals surface area contributed by atoms with Gasteiger partial charge >= 0.3 is 5.97 Å². The van der Waals surface area contributed by atoms with Crippen LogP contribution in [0.4, 0.5) is 5.69 Å².